The first-order chi connectivity index (χ1) is 7.99. The molecule has 0 saturated carbocycles. The Bertz CT molecular complexity index is 394. The van der Waals surface area contributed by atoms with E-state index in [4.69, 9.17) is 23.2 Å². The highest BCUT2D eigenvalue weighted by atomic mass is 35.5. The first-order valence-corrected chi connectivity index (χ1v) is 6.10. The Kier molecular flexibility index (Phi) is 5.75. The highest BCUT2D eigenvalue weighted by Gasteiger charge is 2.04. The molecule has 0 spiro atoms. The molecule has 0 aliphatic carbocycles. The molecular formula is C12H16Cl2N2O. The molecule has 94 valence electrons. The van der Waals surface area contributed by atoms with Gasteiger partial charge in [-0.3, -0.25) is 4.79 Å². The summed E-state index contributed by atoms with van der Waals surface area (Å²) in [5.41, 5.74) is 0.987. The first-order valence-electron chi connectivity index (χ1n) is 5.34. The smallest absolute Gasteiger partial charge is 0.234 e. The van der Waals surface area contributed by atoms with Gasteiger partial charge in [0.2, 0.25) is 5.91 Å². The molecule has 1 aromatic rings. The molecule has 0 radical (unpaired) electrons. The van der Waals surface area contributed by atoms with Crippen molar-refractivity contribution in [3.05, 3.63) is 33.8 Å². The summed E-state index contributed by atoms with van der Waals surface area (Å²) >= 11 is 11.8. The van der Waals surface area contributed by atoms with Crippen LogP contribution in [0, 0.1) is 0 Å². The third-order valence-corrected chi connectivity index (χ3v) is 2.78. The van der Waals surface area contributed by atoms with Crippen LogP contribution in [-0.2, 0) is 11.2 Å². The number of hydrogen-bond donors (Lipinski definition) is 1. The van der Waals surface area contributed by atoms with E-state index in [-0.39, 0.29) is 5.91 Å². The Labute approximate surface area is 112 Å². The number of halogens is 2. The van der Waals surface area contributed by atoms with Crippen LogP contribution in [0.1, 0.15) is 5.56 Å². The van der Waals surface area contributed by atoms with Crippen LogP contribution in [0.3, 0.4) is 0 Å². The van der Waals surface area contributed by atoms with Gasteiger partial charge in [-0.2, -0.15) is 0 Å². The van der Waals surface area contributed by atoms with Gasteiger partial charge >= 0.3 is 0 Å². The lowest BCUT2D eigenvalue weighted by Crippen LogP contribution is -2.34. The van der Waals surface area contributed by atoms with E-state index in [1.54, 1.807) is 12.1 Å². The largest absolute Gasteiger partial charge is 0.355 e. The fourth-order valence-electron chi connectivity index (χ4n) is 1.40. The molecule has 0 heterocycles. The molecule has 0 fully saturated rings. The zero-order chi connectivity index (χ0) is 12.8. The molecule has 0 bridgehead atoms. The van der Waals surface area contributed by atoms with Crippen molar-refractivity contribution in [2.75, 3.05) is 27.2 Å². The maximum atomic E-state index is 11.4. The van der Waals surface area contributed by atoms with Crippen LogP contribution in [-0.4, -0.2) is 38.0 Å². The van der Waals surface area contributed by atoms with Gasteiger partial charge in [0.25, 0.3) is 0 Å². The summed E-state index contributed by atoms with van der Waals surface area (Å²) in [4.78, 5) is 13.2. The highest BCUT2D eigenvalue weighted by molar-refractivity contribution is 6.35. The van der Waals surface area contributed by atoms with Crippen molar-refractivity contribution in [1.82, 2.24) is 10.2 Å². The summed E-state index contributed by atoms with van der Waals surface area (Å²) in [6.07, 6.45) is 0.704. The van der Waals surface area contributed by atoms with Gasteiger partial charge in [0.15, 0.2) is 0 Å². The predicted molar refractivity (Wildman–Crippen MR) is 71.7 cm³/mol. The maximum absolute atomic E-state index is 11.4. The van der Waals surface area contributed by atoms with E-state index in [9.17, 15) is 4.79 Å². The Morgan fingerprint density at radius 2 is 2.06 bits per heavy atom. The van der Waals surface area contributed by atoms with Crippen LogP contribution in [0.2, 0.25) is 10.0 Å². The second kappa shape index (κ2) is 6.84. The number of likely N-dealkylation sites (N-methyl/N-ethyl adjacent to an activating group) is 1. The molecule has 0 saturated heterocycles. The summed E-state index contributed by atoms with van der Waals surface area (Å²) in [5.74, 6) is 0.0140. The Morgan fingerprint density at radius 3 is 2.65 bits per heavy atom. The van der Waals surface area contributed by atoms with Gasteiger partial charge in [0.1, 0.15) is 0 Å². The normalized spacial score (nSPS) is 10.6. The molecule has 5 heteroatoms. The number of amides is 1. The Balaban J connectivity index is 2.38. The lowest BCUT2D eigenvalue weighted by molar-refractivity contribution is -0.121. The summed E-state index contributed by atoms with van der Waals surface area (Å²) in [7, 11) is 3.71. The average Bonchev–Trinajstić information content (AvgIpc) is 2.20. The number of carbonyl (C=O) groups excluding carboxylic acids is 1. The van der Waals surface area contributed by atoms with Crippen molar-refractivity contribution >= 4 is 29.1 Å². The lowest BCUT2D eigenvalue weighted by atomic mass is 10.1. The summed E-state index contributed by atoms with van der Waals surface area (Å²) < 4.78 is 0. The van der Waals surface area contributed by atoms with Gasteiger partial charge in [-0.15, -0.1) is 0 Å². The molecule has 17 heavy (non-hydrogen) atoms. The molecule has 1 rings (SSSR count). The number of benzene rings is 1. The molecule has 1 aromatic carbocycles. The van der Waals surface area contributed by atoms with Crippen LogP contribution in [0.15, 0.2) is 18.2 Å². The van der Waals surface area contributed by atoms with Crippen LogP contribution in [0.25, 0.3) is 0 Å². The SMILES string of the molecule is CN(C)CC(=O)NCCc1ccc(Cl)cc1Cl. The average molecular weight is 275 g/mol. The van der Waals surface area contributed by atoms with Gasteiger partial charge in [-0.1, -0.05) is 29.3 Å². The predicted octanol–water partition coefficient (Wildman–Crippen LogP) is 2.21. The van der Waals surface area contributed by atoms with E-state index in [1.807, 2.05) is 25.1 Å². The fourth-order valence-corrected chi connectivity index (χ4v) is 1.91. The Morgan fingerprint density at radius 1 is 1.35 bits per heavy atom. The maximum Gasteiger partial charge on any atom is 0.234 e. The molecule has 0 aliphatic rings. The third kappa shape index (κ3) is 5.39. The second-order valence-electron chi connectivity index (χ2n) is 4.07. The monoisotopic (exact) mass is 274 g/mol. The molecule has 0 aromatic heterocycles. The van der Waals surface area contributed by atoms with Gasteiger partial charge in [-0.05, 0) is 38.2 Å². The zero-order valence-electron chi connectivity index (χ0n) is 9.96. The van der Waals surface area contributed by atoms with Crippen LogP contribution in [0.5, 0.6) is 0 Å². The minimum Gasteiger partial charge on any atom is -0.355 e. The summed E-state index contributed by atoms with van der Waals surface area (Å²) in [6, 6.07) is 5.38. The molecule has 0 unspecified atom stereocenters. The number of hydrogen-bond acceptors (Lipinski definition) is 2. The van der Waals surface area contributed by atoms with Crippen LogP contribution >= 0.6 is 23.2 Å². The lowest BCUT2D eigenvalue weighted by Gasteiger charge is -2.10. The van der Waals surface area contributed by atoms with Crippen LogP contribution < -0.4 is 5.32 Å². The van der Waals surface area contributed by atoms with E-state index in [2.05, 4.69) is 5.32 Å². The van der Waals surface area contributed by atoms with Crippen molar-refractivity contribution in [3.63, 3.8) is 0 Å². The van der Waals surface area contributed by atoms with Crippen molar-refractivity contribution < 1.29 is 4.79 Å². The molecule has 1 amide bonds. The fraction of sp³-hybridized carbons (Fsp3) is 0.417. The van der Waals surface area contributed by atoms with E-state index in [1.165, 1.54) is 0 Å². The third-order valence-electron chi connectivity index (χ3n) is 2.19. The number of nitrogens with zero attached hydrogens (tertiary/aromatic N) is 1. The minimum absolute atomic E-state index is 0.0140. The molecule has 1 N–H and O–H groups in total. The van der Waals surface area contributed by atoms with E-state index >= 15 is 0 Å². The van der Waals surface area contributed by atoms with E-state index in [0.717, 1.165) is 5.56 Å². The molecule has 3 nitrogen and oxygen atoms in total. The highest BCUT2D eigenvalue weighted by Crippen LogP contribution is 2.20. The standard InChI is InChI=1S/C12H16Cl2N2O/c1-16(2)8-12(17)15-6-5-9-3-4-10(13)7-11(9)14/h3-4,7H,5-6,8H2,1-2H3,(H,15,17). The molecule has 0 aliphatic heterocycles. The summed E-state index contributed by atoms with van der Waals surface area (Å²) in [6.45, 7) is 0.975. The topological polar surface area (TPSA) is 32.3 Å². The van der Waals surface area contributed by atoms with Gasteiger partial charge in [0, 0.05) is 16.6 Å². The molecule has 0 atom stereocenters. The van der Waals surface area contributed by atoms with Gasteiger partial charge < -0.3 is 10.2 Å². The Hall–Kier alpha value is -0.770. The number of rotatable bonds is 5. The van der Waals surface area contributed by atoms with Crippen molar-refractivity contribution in [1.29, 1.82) is 0 Å². The number of carbonyl (C=O) groups is 1. The van der Waals surface area contributed by atoms with Crippen molar-refractivity contribution in [2.24, 2.45) is 0 Å². The van der Waals surface area contributed by atoms with E-state index < -0.39 is 0 Å². The van der Waals surface area contributed by atoms with Crippen molar-refractivity contribution in [3.8, 4) is 0 Å². The second-order valence-corrected chi connectivity index (χ2v) is 4.92. The number of nitrogens with one attached hydrogen (secondary N) is 1. The minimum atomic E-state index is 0.0140. The first kappa shape index (κ1) is 14.3. The van der Waals surface area contributed by atoms with Crippen molar-refractivity contribution in [2.45, 2.75) is 6.42 Å². The van der Waals surface area contributed by atoms with Gasteiger partial charge in [0.05, 0.1) is 6.54 Å². The summed E-state index contributed by atoms with van der Waals surface area (Å²) in [5, 5.41) is 4.09. The van der Waals surface area contributed by atoms with Gasteiger partial charge in [-0.25, -0.2) is 0 Å². The zero-order valence-corrected chi connectivity index (χ0v) is 11.5. The molecular weight excluding hydrogens is 259 g/mol. The van der Waals surface area contributed by atoms with Crippen LogP contribution in [0.4, 0.5) is 0 Å². The quantitative estimate of drug-likeness (QED) is 0.893. The van der Waals surface area contributed by atoms with E-state index in [0.29, 0.717) is 29.6 Å².